The van der Waals surface area contributed by atoms with Crippen molar-refractivity contribution in [2.75, 3.05) is 6.54 Å². The van der Waals surface area contributed by atoms with Gasteiger partial charge in [-0.05, 0) is 35.1 Å². The van der Waals surface area contributed by atoms with Crippen LogP contribution in [-0.4, -0.2) is 17.6 Å². The SMILES string of the molecule is CC(O)(CNC(=O)c1ccsc1)c1ccc(-c2ccccc2)cc1. The minimum absolute atomic E-state index is 0.159. The van der Waals surface area contributed by atoms with E-state index in [2.05, 4.69) is 5.32 Å². The van der Waals surface area contributed by atoms with Gasteiger partial charge in [-0.3, -0.25) is 4.79 Å². The Morgan fingerprint density at radius 2 is 1.71 bits per heavy atom. The Kier molecular flexibility index (Phi) is 4.79. The van der Waals surface area contributed by atoms with E-state index in [1.54, 1.807) is 18.4 Å². The van der Waals surface area contributed by atoms with Gasteiger partial charge in [-0.2, -0.15) is 11.3 Å². The first-order valence-electron chi connectivity index (χ1n) is 7.75. The molecule has 2 aromatic carbocycles. The van der Waals surface area contributed by atoms with Crippen molar-refractivity contribution < 1.29 is 9.90 Å². The number of carbonyl (C=O) groups is 1. The van der Waals surface area contributed by atoms with Crippen molar-refractivity contribution in [2.45, 2.75) is 12.5 Å². The second-order valence-corrected chi connectivity index (χ2v) is 6.69. The highest BCUT2D eigenvalue weighted by atomic mass is 32.1. The van der Waals surface area contributed by atoms with E-state index in [9.17, 15) is 9.90 Å². The fourth-order valence-corrected chi connectivity index (χ4v) is 3.14. The first kappa shape index (κ1) is 16.4. The van der Waals surface area contributed by atoms with Gasteiger partial charge < -0.3 is 10.4 Å². The third-order valence-electron chi connectivity index (χ3n) is 3.99. The highest BCUT2D eigenvalue weighted by molar-refractivity contribution is 7.08. The quantitative estimate of drug-likeness (QED) is 0.738. The molecule has 3 nitrogen and oxygen atoms in total. The zero-order valence-electron chi connectivity index (χ0n) is 13.4. The summed E-state index contributed by atoms with van der Waals surface area (Å²) in [7, 11) is 0. The topological polar surface area (TPSA) is 49.3 Å². The van der Waals surface area contributed by atoms with Crippen LogP contribution in [0.2, 0.25) is 0 Å². The van der Waals surface area contributed by atoms with Crippen LogP contribution >= 0.6 is 11.3 Å². The van der Waals surface area contributed by atoms with E-state index in [1.807, 2.05) is 60.0 Å². The lowest BCUT2D eigenvalue weighted by atomic mass is 9.93. The number of amides is 1. The first-order chi connectivity index (χ1) is 11.6. The van der Waals surface area contributed by atoms with Crippen molar-refractivity contribution in [3.05, 3.63) is 82.6 Å². The van der Waals surface area contributed by atoms with E-state index in [1.165, 1.54) is 11.3 Å². The van der Waals surface area contributed by atoms with Gasteiger partial charge in [0.15, 0.2) is 0 Å². The van der Waals surface area contributed by atoms with Crippen LogP contribution in [0.4, 0.5) is 0 Å². The maximum absolute atomic E-state index is 12.0. The van der Waals surface area contributed by atoms with Gasteiger partial charge in [0.2, 0.25) is 0 Å². The molecule has 0 spiro atoms. The lowest BCUT2D eigenvalue weighted by Crippen LogP contribution is -2.38. The number of thiophene rings is 1. The molecule has 1 amide bonds. The zero-order valence-corrected chi connectivity index (χ0v) is 14.2. The van der Waals surface area contributed by atoms with Gasteiger partial charge in [0, 0.05) is 10.9 Å². The molecule has 1 atom stereocenters. The van der Waals surface area contributed by atoms with Gasteiger partial charge in [-0.25, -0.2) is 0 Å². The zero-order chi connectivity index (χ0) is 17.0. The van der Waals surface area contributed by atoms with Crippen LogP contribution in [0.25, 0.3) is 11.1 Å². The standard InChI is InChI=1S/C20H19NO2S/c1-20(23,14-21-19(22)17-11-12-24-13-17)18-9-7-16(8-10-18)15-5-3-2-4-6-15/h2-13,23H,14H2,1H3,(H,21,22). The lowest BCUT2D eigenvalue weighted by molar-refractivity contribution is 0.0526. The first-order valence-corrected chi connectivity index (χ1v) is 8.69. The summed E-state index contributed by atoms with van der Waals surface area (Å²) in [6.07, 6.45) is 0. The predicted octanol–water partition coefficient (Wildman–Crippen LogP) is 4.05. The van der Waals surface area contributed by atoms with E-state index >= 15 is 0 Å². The molecule has 0 aliphatic rings. The largest absolute Gasteiger partial charge is 0.384 e. The van der Waals surface area contributed by atoms with Gasteiger partial charge in [-0.15, -0.1) is 0 Å². The highest BCUT2D eigenvalue weighted by Crippen LogP contribution is 2.25. The Labute approximate surface area is 145 Å². The summed E-state index contributed by atoms with van der Waals surface area (Å²) in [6.45, 7) is 1.87. The number of hydrogen-bond acceptors (Lipinski definition) is 3. The number of hydrogen-bond donors (Lipinski definition) is 2. The molecule has 0 radical (unpaired) electrons. The Morgan fingerprint density at radius 1 is 1.04 bits per heavy atom. The van der Waals surface area contributed by atoms with Crippen LogP contribution in [0, 0.1) is 0 Å². The summed E-state index contributed by atoms with van der Waals surface area (Å²) < 4.78 is 0. The normalized spacial score (nSPS) is 13.2. The molecule has 0 bridgehead atoms. The van der Waals surface area contributed by atoms with Gasteiger partial charge >= 0.3 is 0 Å². The number of aliphatic hydroxyl groups is 1. The van der Waals surface area contributed by atoms with Crippen molar-refractivity contribution in [1.82, 2.24) is 5.32 Å². The second kappa shape index (κ2) is 6.99. The van der Waals surface area contributed by atoms with Crippen molar-refractivity contribution >= 4 is 17.2 Å². The summed E-state index contributed by atoms with van der Waals surface area (Å²) in [6, 6.07) is 19.6. The Bertz CT molecular complexity index is 793. The smallest absolute Gasteiger partial charge is 0.252 e. The maximum atomic E-state index is 12.0. The molecule has 2 N–H and O–H groups in total. The van der Waals surface area contributed by atoms with Crippen molar-refractivity contribution in [3.8, 4) is 11.1 Å². The second-order valence-electron chi connectivity index (χ2n) is 5.91. The van der Waals surface area contributed by atoms with Gasteiger partial charge in [0.1, 0.15) is 5.60 Å². The average Bonchev–Trinajstić information content (AvgIpc) is 3.15. The van der Waals surface area contributed by atoms with E-state index < -0.39 is 5.60 Å². The molecule has 3 aromatic rings. The molecule has 4 heteroatoms. The number of carbonyl (C=O) groups excluding carboxylic acids is 1. The molecule has 0 aliphatic carbocycles. The summed E-state index contributed by atoms with van der Waals surface area (Å²) in [5, 5.41) is 17.1. The van der Waals surface area contributed by atoms with E-state index in [0.717, 1.165) is 16.7 Å². The van der Waals surface area contributed by atoms with Gasteiger partial charge in [0.05, 0.1) is 6.54 Å². The number of nitrogens with one attached hydrogen (secondary N) is 1. The van der Waals surface area contributed by atoms with Crippen LogP contribution in [0.1, 0.15) is 22.8 Å². The van der Waals surface area contributed by atoms with E-state index in [-0.39, 0.29) is 12.5 Å². The van der Waals surface area contributed by atoms with Crippen molar-refractivity contribution in [3.63, 3.8) is 0 Å². The van der Waals surface area contributed by atoms with Crippen LogP contribution in [-0.2, 0) is 5.60 Å². The Morgan fingerprint density at radius 3 is 2.33 bits per heavy atom. The minimum atomic E-state index is -1.12. The highest BCUT2D eigenvalue weighted by Gasteiger charge is 2.24. The summed E-state index contributed by atoms with van der Waals surface area (Å²) in [5.74, 6) is -0.169. The van der Waals surface area contributed by atoms with Crippen LogP contribution in [0.3, 0.4) is 0 Å². The van der Waals surface area contributed by atoms with Gasteiger partial charge in [0.25, 0.3) is 5.91 Å². The predicted molar refractivity (Wildman–Crippen MR) is 98.1 cm³/mol. The summed E-state index contributed by atoms with van der Waals surface area (Å²) in [5.41, 5.74) is 2.50. The molecule has 0 saturated carbocycles. The Balaban J connectivity index is 1.69. The van der Waals surface area contributed by atoms with Crippen molar-refractivity contribution in [2.24, 2.45) is 0 Å². The Hall–Kier alpha value is -2.43. The summed E-state index contributed by atoms with van der Waals surface area (Å²) >= 11 is 1.47. The molecular formula is C20H19NO2S. The van der Waals surface area contributed by atoms with Crippen LogP contribution < -0.4 is 5.32 Å². The van der Waals surface area contributed by atoms with Crippen LogP contribution in [0.5, 0.6) is 0 Å². The fraction of sp³-hybridized carbons (Fsp3) is 0.150. The number of benzene rings is 2. The summed E-state index contributed by atoms with van der Waals surface area (Å²) in [4.78, 5) is 12.0. The average molecular weight is 337 g/mol. The minimum Gasteiger partial charge on any atom is -0.384 e. The van der Waals surface area contributed by atoms with Crippen molar-refractivity contribution in [1.29, 1.82) is 0 Å². The third-order valence-corrected chi connectivity index (χ3v) is 4.67. The molecule has 24 heavy (non-hydrogen) atoms. The molecule has 122 valence electrons. The van der Waals surface area contributed by atoms with E-state index in [4.69, 9.17) is 0 Å². The molecule has 1 unspecified atom stereocenters. The van der Waals surface area contributed by atoms with Gasteiger partial charge in [-0.1, -0.05) is 54.6 Å². The molecular weight excluding hydrogens is 318 g/mol. The molecule has 1 heterocycles. The molecule has 0 aliphatic heterocycles. The molecule has 3 rings (SSSR count). The molecule has 0 fully saturated rings. The van der Waals surface area contributed by atoms with Crippen LogP contribution in [0.15, 0.2) is 71.4 Å². The lowest BCUT2D eigenvalue weighted by Gasteiger charge is -2.24. The van der Waals surface area contributed by atoms with E-state index in [0.29, 0.717) is 5.56 Å². The fourth-order valence-electron chi connectivity index (χ4n) is 2.50. The number of rotatable bonds is 5. The monoisotopic (exact) mass is 337 g/mol. The molecule has 0 saturated heterocycles. The molecule has 1 aromatic heterocycles. The third kappa shape index (κ3) is 3.72. The maximum Gasteiger partial charge on any atom is 0.252 e.